The van der Waals surface area contributed by atoms with E-state index in [2.05, 4.69) is 44.8 Å². The third-order valence-corrected chi connectivity index (χ3v) is 5.79. The molecule has 0 saturated carbocycles. The van der Waals surface area contributed by atoms with E-state index in [4.69, 9.17) is 9.26 Å². The van der Waals surface area contributed by atoms with Crippen molar-refractivity contribution in [3.63, 3.8) is 0 Å². The molecule has 5 rings (SSSR count). The van der Waals surface area contributed by atoms with Crippen LogP contribution in [0.3, 0.4) is 0 Å². The Balaban J connectivity index is 1.15. The summed E-state index contributed by atoms with van der Waals surface area (Å²) in [7, 11) is 1.62. The molecule has 0 radical (unpaired) electrons. The van der Waals surface area contributed by atoms with Crippen molar-refractivity contribution >= 4 is 22.5 Å². The van der Waals surface area contributed by atoms with E-state index in [1.54, 1.807) is 18.0 Å². The minimum atomic E-state index is -0.0837. The molecule has 176 valence electrons. The number of carbonyl (C=O) groups excluding carboxylic acids is 1. The third kappa shape index (κ3) is 5.22. The number of amides is 1. The Bertz CT molecular complexity index is 1430. The van der Waals surface area contributed by atoms with Gasteiger partial charge in [-0.05, 0) is 47.0 Å². The van der Waals surface area contributed by atoms with E-state index in [1.165, 1.54) is 10.8 Å². The van der Waals surface area contributed by atoms with Gasteiger partial charge < -0.3 is 14.6 Å². The lowest BCUT2D eigenvalue weighted by Crippen LogP contribution is -2.16. The molecule has 0 saturated heterocycles. The molecular weight excluding hydrogens is 442 g/mol. The van der Waals surface area contributed by atoms with Crippen LogP contribution in [0.4, 0.5) is 5.82 Å². The van der Waals surface area contributed by atoms with Gasteiger partial charge in [-0.15, -0.1) is 0 Å². The fourth-order valence-electron chi connectivity index (χ4n) is 3.98. The molecule has 0 unspecified atom stereocenters. The van der Waals surface area contributed by atoms with Gasteiger partial charge in [0.25, 0.3) is 0 Å². The predicted molar refractivity (Wildman–Crippen MR) is 133 cm³/mol. The summed E-state index contributed by atoms with van der Waals surface area (Å²) < 4.78 is 12.3. The number of methoxy groups -OCH3 is 1. The number of hydrogen-bond acceptors (Lipinski definition) is 6. The number of benzene rings is 3. The number of aromatic nitrogens is 4. The molecular formula is C27H25N5O3. The van der Waals surface area contributed by atoms with Crippen molar-refractivity contribution in [2.24, 2.45) is 0 Å². The van der Waals surface area contributed by atoms with Gasteiger partial charge in [0.2, 0.25) is 17.6 Å². The lowest BCUT2D eigenvalue weighted by molar-refractivity contribution is -0.116. The highest BCUT2D eigenvalue weighted by Gasteiger charge is 2.12. The van der Waals surface area contributed by atoms with E-state index >= 15 is 0 Å². The van der Waals surface area contributed by atoms with Crippen LogP contribution in [0.1, 0.15) is 24.3 Å². The van der Waals surface area contributed by atoms with Crippen molar-refractivity contribution in [3.05, 3.63) is 90.4 Å². The number of aryl methyl sites for hydroxylation is 1. The van der Waals surface area contributed by atoms with Crippen LogP contribution in [0.15, 0.2) is 83.5 Å². The number of hydrogen-bond donors (Lipinski definition) is 1. The standard InChI is InChI=1S/C27H25N5O3/c1-34-22-14-12-20(13-15-22)27-30-26(35-31-27)11-5-10-25(33)29-24-16-17-28-32(24)18-21-8-4-7-19-6-2-3-9-23(19)21/h2-4,6-9,12-17H,5,10-11,18H2,1H3,(H,29,33). The highest BCUT2D eigenvalue weighted by Crippen LogP contribution is 2.22. The average molecular weight is 468 g/mol. The van der Waals surface area contributed by atoms with E-state index in [9.17, 15) is 4.79 Å². The van der Waals surface area contributed by atoms with Crippen molar-refractivity contribution < 1.29 is 14.1 Å². The molecule has 0 spiro atoms. The number of carbonyl (C=O) groups is 1. The maximum Gasteiger partial charge on any atom is 0.226 e. The molecule has 0 bridgehead atoms. The molecule has 0 aliphatic carbocycles. The van der Waals surface area contributed by atoms with E-state index < -0.39 is 0 Å². The summed E-state index contributed by atoms with van der Waals surface area (Å²) in [4.78, 5) is 17.0. The molecule has 8 nitrogen and oxygen atoms in total. The van der Waals surface area contributed by atoms with E-state index in [-0.39, 0.29) is 5.91 Å². The quantitative estimate of drug-likeness (QED) is 0.324. The van der Waals surface area contributed by atoms with Crippen LogP contribution in [-0.2, 0) is 17.8 Å². The number of nitrogens with one attached hydrogen (secondary N) is 1. The summed E-state index contributed by atoms with van der Waals surface area (Å²) in [5.74, 6) is 2.37. The fourth-order valence-corrected chi connectivity index (χ4v) is 3.98. The van der Waals surface area contributed by atoms with Gasteiger partial charge in [-0.25, -0.2) is 4.68 Å². The van der Waals surface area contributed by atoms with Crippen molar-refractivity contribution in [2.45, 2.75) is 25.8 Å². The minimum Gasteiger partial charge on any atom is -0.497 e. The Labute approximate surface area is 202 Å². The SMILES string of the molecule is COc1ccc(-c2noc(CCCC(=O)Nc3ccnn3Cc3cccc4ccccc34)n2)cc1. The largest absolute Gasteiger partial charge is 0.497 e. The molecule has 5 aromatic rings. The Morgan fingerprint density at radius 1 is 1.03 bits per heavy atom. The van der Waals surface area contributed by atoms with Crippen LogP contribution in [0.2, 0.25) is 0 Å². The summed E-state index contributed by atoms with van der Waals surface area (Å²) in [5.41, 5.74) is 1.99. The summed E-state index contributed by atoms with van der Waals surface area (Å²) in [6, 6.07) is 23.7. The van der Waals surface area contributed by atoms with Crippen molar-refractivity contribution in [2.75, 3.05) is 12.4 Å². The molecule has 1 N–H and O–H groups in total. The van der Waals surface area contributed by atoms with Gasteiger partial charge in [0.1, 0.15) is 11.6 Å². The predicted octanol–water partition coefficient (Wildman–Crippen LogP) is 5.10. The second-order valence-electron chi connectivity index (χ2n) is 8.15. The second kappa shape index (κ2) is 10.2. The Morgan fingerprint density at radius 3 is 2.71 bits per heavy atom. The number of nitrogens with zero attached hydrogens (tertiary/aromatic N) is 4. The molecule has 2 heterocycles. The molecule has 0 atom stereocenters. The first-order chi connectivity index (χ1) is 17.2. The minimum absolute atomic E-state index is 0.0837. The van der Waals surface area contributed by atoms with Gasteiger partial charge in [-0.2, -0.15) is 10.1 Å². The summed E-state index contributed by atoms with van der Waals surface area (Å²) in [6.07, 6.45) is 3.14. The average Bonchev–Trinajstić information content (AvgIpc) is 3.54. The lowest BCUT2D eigenvalue weighted by Gasteiger charge is -2.11. The van der Waals surface area contributed by atoms with Crippen molar-refractivity contribution in [1.29, 1.82) is 0 Å². The van der Waals surface area contributed by atoms with Gasteiger partial charge in [0.05, 0.1) is 19.9 Å². The maximum absolute atomic E-state index is 12.6. The topological polar surface area (TPSA) is 95.1 Å². The van der Waals surface area contributed by atoms with Crippen LogP contribution in [0, 0.1) is 0 Å². The first-order valence-electron chi connectivity index (χ1n) is 11.4. The second-order valence-corrected chi connectivity index (χ2v) is 8.15. The highest BCUT2D eigenvalue weighted by atomic mass is 16.5. The zero-order valence-electron chi connectivity index (χ0n) is 19.3. The number of anilines is 1. The fraction of sp³-hybridized carbons (Fsp3) is 0.185. The van der Waals surface area contributed by atoms with E-state index in [1.807, 2.05) is 48.5 Å². The smallest absolute Gasteiger partial charge is 0.226 e. The number of fused-ring (bicyclic) bond motifs is 1. The van der Waals surface area contributed by atoms with Crippen LogP contribution in [0.5, 0.6) is 5.75 Å². The lowest BCUT2D eigenvalue weighted by atomic mass is 10.0. The maximum atomic E-state index is 12.6. The monoisotopic (exact) mass is 467 g/mol. The van der Waals surface area contributed by atoms with Crippen LogP contribution < -0.4 is 10.1 Å². The Hall–Kier alpha value is -4.46. The van der Waals surface area contributed by atoms with Gasteiger partial charge in [-0.3, -0.25) is 4.79 Å². The highest BCUT2D eigenvalue weighted by molar-refractivity contribution is 5.90. The zero-order chi connectivity index (χ0) is 24.0. The molecule has 2 aromatic heterocycles. The first-order valence-corrected chi connectivity index (χ1v) is 11.4. The molecule has 3 aromatic carbocycles. The van der Waals surface area contributed by atoms with Gasteiger partial charge >= 0.3 is 0 Å². The third-order valence-electron chi connectivity index (χ3n) is 5.79. The molecule has 0 aliphatic heterocycles. The summed E-state index contributed by atoms with van der Waals surface area (Å²) in [6.45, 7) is 0.570. The summed E-state index contributed by atoms with van der Waals surface area (Å²) in [5, 5.41) is 13.8. The van der Waals surface area contributed by atoms with Gasteiger partial charge in [-0.1, -0.05) is 47.6 Å². The molecule has 0 aliphatic rings. The van der Waals surface area contributed by atoms with Crippen molar-refractivity contribution in [3.8, 4) is 17.1 Å². The zero-order valence-corrected chi connectivity index (χ0v) is 19.3. The van der Waals surface area contributed by atoms with Crippen molar-refractivity contribution in [1.82, 2.24) is 19.9 Å². The number of rotatable bonds is 9. The van der Waals surface area contributed by atoms with E-state index in [0.717, 1.165) is 16.9 Å². The Kier molecular flexibility index (Phi) is 6.52. The van der Waals surface area contributed by atoms with Crippen LogP contribution in [-0.4, -0.2) is 32.9 Å². The number of ether oxygens (including phenoxy) is 1. The molecule has 0 fully saturated rings. The Morgan fingerprint density at radius 2 is 1.86 bits per heavy atom. The normalized spacial score (nSPS) is 11.0. The molecule has 8 heteroatoms. The van der Waals surface area contributed by atoms with Crippen LogP contribution >= 0.6 is 0 Å². The summed E-state index contributed by atoms with van der Waals surface area (Å²) >= 11 is 0. The van der Waals surface area contributed by atoms with Gasteiger partial charge in [0.15, 0.2) is 0 Å². The molecule has 35 heavy (non-hydrogen) atoms. The van der Waals surface area contributed by atoms with Crippen LogP contribution in [0.25, 0.3) is 22.2 Å². The first kappa shape index (κ1) is 22.3. The van der Waals surface area contributed by atoms with E-state index in [0.29, 0.717) is 43.3 Å². The van der Waals surface area contributed by atoms with Gasteiger partial charge in [0, 0.05) is 24.5 Å². The molecule has 1 amide bonds.